The van der Waals surface area contributed by atoms with Gasteiger partial charge in [-0.1, -0.05) is 26.8 Å². The summed E-state index contributed by atoms with van der Waals surface area (Å²) in [4.78, 5) is 13.2. The molecule has 0 saturated heterocycles. The Balaban J connectivity index is 2.32. The van der Waals surface area contributed by atoms with Crippen molar-refractivity contribution in [2.75, 3.05) is 5.73 Å². The summed E-state index contributed by atoms with van der Waals surface area (Å²) in [5, 5.41) is 0. The van der Waals surface area contributed by atoms with Crippen LogP contribution in [0.15, 0.2) is 30.5 Å². The second-order valence-corrected chi connectivity index (χ2v) is 5.36. The maximum Gasteiger partial charge on any atom is 0.136 e. The highest BCUT2D eigenvalue weighted by molar-refractivity contribution is 5.32. The summed E-state index contributed by atoms with van der Waals surface area (Å²) in [6.07, 6.45) is 2.46. The molecule has 0 fully saturated rings. The van der Waals surface area contributed by atoms with E-state index in [4.69, 9.17) is 5.73 Å². The van der Waals surface area contributed by atoms with E-state index in [0.29, 0.717) is 12.2 Å². The zero-order valence-electron chi connectivity index (χ0n) is 11.0. The molecule has 4 heteroatoms. The molecule has 4 nitrogen and oxygen atoms in total. The molecule has 0 spiro atoms. The fourth-order valence-electron chi connectivity index (χ4n) is 1.63. The highest BCUT2D eigenvalue weighted by Gasteiger charge is 2.18. The van der Waals surface area contributed by atoms with Gasteiger partial charge in [-0.3, -0.25) is 4.98 Å². The van der Waals surface area contributed by atoms with Gasteiger partial charge in [0.1, 0.15) is 11.6 Å². The summed E-state index contributed by atoms with van der Waals surface area (Å²) < 4.78 is 0. The highest BCUT2D eigenvalue weighted by atomic mass is 15.0. The molecule has 2 rings (SSSR count). The molecule has 0 aliphatic carbocycles. The number of pyridine rings is 1. The third-order valence-electron chi connectivity index (χ3n) is 2.56. The maximum atomic E-state index is 5.84. The Morgan fingerprint density at radius 3 is 2.50 bits per heavy atom. The van der Waals surface area contributed by atoms with Crippen LogP contribution in [0.5, 0.6) is 0 Å². The number of anilines is 1. The molecule has 0 bridgehead atoms. The molecule has 0 aliphatic heterocycles. The molecule has 18 heavy (non-hydrogen) atoms. The predicted molar refractivity (Wildman–Crippen MR) is 72.2 cm³/mol. The third kappa shape index (κ3) is 3.03. The zero-order valence-corrected chi connectivity index (χ0v) is 11.0. The Kier molecular flexibility index (Phi) is 3.28. The number of hydrogen-bond donors (Lipinski definition) is 1. The van der Waals surface area contributed by atoms with Gasteiger partial charge in [0.05, 0.1) is 5.69 Å². The summed E-state index contributed by atoms with van der Waals surface area (Å²) in [5.41, 5.74) is 7.63. The minimum atomic E-state index is -0.103. The van der Waals surface area contributed by atoms with Crippen molar-refractivity contribution < 1.29 is 0 Å². The highest BCUT2D eigenvalue weighted by Crippen LogP contribution is 2.20. The first-order valence-electron chi connectivity index (χ1n) is 5.99. The molecule has 0 aromatic carbocycles. The van der Waals surface area contributed by atoms with Gasteiger partial charge in [-0.25, -0.2) is 9.97 Å². The first-order valence-corrected chi connectivity index (χ1v) is 5.99. The van der Waals surface area contributed by atoms with Crippen LogP contribution in [0.25, 0.3) is 0 Å². The van der Waals surface area contributed by atoms with E-state index in [9.17, 15) is 0 Å². The first-order chi connectivity index (χ1) is 8.45. The predicted octanol–water partition coefficient (Wildman–Crippen LogP) is 2.34. The monoisotopic (exact) mass is 242 g/mol. The van der Waals surface area contributed by atoms with Crippen LogP contribution in [0.1, 0.15) is 38.0 Å². The van der Waals surface area contributed by atoms with Gasteiger partial charge in [0.2, 0.25) is 0 Å². The molecule has 2 aromatic heterocycles. The largest absolute Gasteiger partial charge is 0.384 e. The van der Waals surface area contributed by atoms with Gasteiger partial charge in [0.15, 0.2) is 0 Å². The average Bonchev–Trinajstić information content (AvgIpc) is 2.28. The zero-order chi connectivity index (χ0) is 13.2. The Bertz CT molecular complexity index is 529. The van der Waals surface area contributed by atoms with E-state index in [1.165, 1.54) is 0 Å². The number of aromatic nitrogens is 3. The fourth-order valence-corrected chi connectivity index (χ4v) is 1.63. The molecule has 0 atom stereocenters. The third-order valence-corrected chi connectivity index (χ3v) is 2.56. The molecule has 0 saturated carbocycles. The standard InChI is InChI=1S/C14H18N4/c1-14(2,3)13-17-11(9-12(15)18-13)8-10-6-4-5-7-16-10/h4-7,9H,8H2,1-3H3,(H2,15,17,18). The lowest BCUT2D eigenvalue weighted by molar-refractivity contribution is 0.543. The number of rotatable bonds is 2. The van der Waals surface area contributed by atoms with Crippen molar-refractivity contribution in [3.63, 3.8) is 0 Å². The van der Waals surface area contributed by atoms with E-state index in [0.717, 1.165) is 17.2 Å². The Labute approximate surface area is 107 Å². The SMILES string of the molecule is CC(C)(C)c1nc(N)cc(Cc2ccccn2)n1. The molecule has 0 aliphatic rings. The van der Waals surface area contributed by atoms with Crippen molar-refractivity contribution in [2.24, 2.45) is 0 Å². The summed E-state index contributed by atoms with van der Waals surface area (Å²) in [6, 6.07) is 7.66. The second-order valence-electron chi connectivity index (χ2n) is 5.36. The molecule has 0 amide bonds. The van der Waals surface area contributed by atoms with Gasteiger partial charge in [0.25, 0.3) is 0 Å². The lowest BCUT2D eigenvalue weighted by Gasteiger charge is -2.17. The molecule has 2 aromatic rings. The summed E-state index contributed by atoms with van der Waals surface area (Å²) >= 11 is 0. The van der Waals surface area contributed by atoms with Gasteiger partial charge in [0, 0.05) is 29.8 Å². The van der Waals surface area contributed by atoms with Crippen LogP contribution in [-0.4, -0.2) is 15.0 Å². The van der Waals surface area contributed by atoms with Crippen LogP contribution < -0.4 is 5.73 Å². The smallest absolute Gasteiger partial charge is 0.136 e. The second kappa shape index (κ2) is 4.72. The van der Waals surface area contributed by atoms with Crippen molar-refractivity contribution in [2.45, 2.75) is 32.6 Å². The van der Waals surface area contributed by atoms with E-state index in [1.54, 1.807) is 6.20 Å². The lowest BCUT2D eigenvalue weighted by atomic mass is 9.95. The van der Waals surface area contributed by atoms with Crippen LogP contribution in [0.3, 0.4) is 0 Å². The molecule has 0 unspecified atom stereocenters. The Hall–Kier alpha value is -1.97. The fraction of sp³-hybridized carbons (Fsp3) is 0.357. The average molecular weight is 242 g/mol. The molecule has 94 valence electrons. The quantitative estimate of drug-likeness (QED) is 0.878. The molecular weight excluding hydrogens is 224 g/mol. The summed E-state index contributed by atoms with van der Waals surface area (Å²) in [5.74, 6) is 1.29. The molecule has 2 heterocycles. The van der Waals surface area contributed by atoms with Crippen molar-refractivity contribution in [3.05, 3.63) is 47.7 Å². The van der Waals surface area contributed by atoms with Crippen LogP contribution in [0.4, 0.5) is 5.82 Å². The van der Waals surface area contributed by atoms with Crippen LogP contribution in [0.2, 0.25) is 0 Å². The van der Waals surface area contributed by atoms with Crippen LogP contribution in [-0.2, 0) is 11.8 Å². The van der Waals surface area contributed by atoms with Gasteiger partial charge in [-0.15, -0.1) is 0 Å². The summed E-state index contributed by atoms with van der Waals surface area (Å²) in [7, 11) is 0. The Morgan fingerprint density at radius 2 is 1.89 bits per heavy atom. The first kappa shape index (κ1) is 12.5. The normalized spacial score (nSPS) is 11.5. The van der Waals surface area contributed by atoms with Crippen LogP contribution >= 0.6 is 0 Å². The van der Waals surface area contributed by atoms with Crippen molar-refractivity contribution in [1.29, 1.82) is 0 Å². The molecule has 2 N–H and O–H groups in total. The van der Waals surface area contributed by atoms with Crippen molar-refractivity contribution in [3.8, 4) is 0 Å². The molecule has 0 radical (unpaired) electrons. The van der Waals surface area contributed by atoms with E-state index in [-0.39, 0.29) is 5.41 Å². The van der Waals surface area contributed by atoms with Crippen molar-refractivity contribution in [1.82, 2.24) is 15.0 Å². The number of nitrogens with zero attached hydrogens (tertiary/aromatic N) is 3. The Morgan fingerprint density at radius 1 is 1.11 bits per heavy atom. The topological polar surface area (TPSA) is 64.7 Å². The van der Waals surface area contributed by atoms with E-state index in [2.05, 4.69) is 35.7 Å². The van der Waals surface area contributed by atoms with Gasteiger partial charge in [-0.2, -0.15) is 0 Å². The minimum absolute atomic E-state index is 0.103. The maximum absolute atomic E-state index is 5.84. The summed E-state index contributed by atoms with van der Waals surface area (Å²) in [6.45, 7) is 6.23. The van der Waals surface area contributed by atoms with E-state index < -0.39 is 0 Å². The van der Waals surface area contributed by atoms with Crippen molar-refractivity contribution >= 4 is 5.82 Å². The minimum Gasteiger partial charge on any atom is -0.384 e. The van der Waals surface area contributed by atoms with Crippen LogP contribution in [0, 0.1) is 0 Å². The number of nitrogens with two attached hydrogens (primary N) is 1. The van der Waals surface area contributed by atoms with E-state index >= 15 is 0 Å². The number of hydrogen-bond acceptors (Lipinski definition) is 4. The van der Waals surface area contributed by atoms with Gasteiger partial charge in [-0.05, 0) is 12.1 Å². The number of nitrogen functional groups attached to an aromatic ring is 1. The van der Waals surface area contributed by atoms with E-state index in [1.807, 2.05) is 24.3 Å². The molecular formula is C14H18N4. The lowest BCUT2D eigenvalue weighted by Crippen LogP contribution is -2.18. The van der Waals surface area contributed by atoms with Gasteiger partial charge >= 0.3 is 0 Å². The van der Waals surface area contributed by atoms with Gasteiger partial charge < -0.3 is 5.73 Å².